The van der Waals surface area contributed by atoms with Gasteiger partial charge in [-0.15, -0.1) is 0 Å². The molecule has 0 heterocycles. The average molecular weight is 587 g/mol. The molecule has 0 spiro atoms. The number of hydrogen-bond acceptors (Lipinski definition) is 0. The highest BCUT2D eigenvalue weighted by Crippen LogP contribution is 2.64. The third-order valence-electron chi connectivity index (χ3n) is 10.6. The van der Waals surface area contributed by atoms with Crippen molar-refractivity contribution in [2.75, 3.05) is 0 Å². The van der Waals surface area contributed by atoms with Gasteiger partial charge in [0.25, 0.3) is 0 Å². The van der Waals surface area contributed by atoms with Crippen molar-refractivity contribution in [1.29, 1.82) is 0 Å². The molecule has 218 valence electrons. The first kappa shape index (κ1) is 26.9. The Hall–Kier alpha value is -5.46. The molecule has 1 atom stereocenters. The number of fused-ring (bicyclic) bond motifs is 5. The number of hydrogen-bond donors (Lipinski definition) is 0. The van der Waals surface area contributed by atoms with Crippen LogP contribution < -0.4 is 0 Å². The maximum Gasteiger partial charge on any atom is 0.0418 e. The van der Waals surface area contributed by atoms with Crippen LogP contribution in [0.1, 0.15) is 52.1 Å². The van der Waals surface area contributed by atoms with Crippen molar-refractivity contribution in [2.24, 2.45) is 0 Å². The molecule has 0 saturated heterocycles. The lowest BCUT2D eigenvalue weighted by Gasteiger charge is -2.47. The van der Waals surface area contributed by atoms with E-state index < -0.39 is 5.41 Å². The highest BCUT2D eigenvalue weighted by molar-refractivity contribution is 5.97. The Balaban J connectivity index is 1.38. The summed E-state index contributed by atoms with van der Waals surface area (Å²) in [7, 11) is 0. The molecule has 0 aromatic heterocycles. The van der Waals surface area contributed by atoms with Crippen molar-refractivity contribution in [3.63, 3.8) is 0 Å². The molecule has 9 rings (SSSR count). The lowest BCUT2D eigenvalue weighted by molar-refractivity contribution is 0.405. The highest BCUT2D eigenvalue weighted by atomic mass is 14.6. The van der Waals surface area contributed by atoms with Crippen LogP contribution in [0.25, 0.3) is 39.1 Å². The van der Waals surface area contributed by atoms with E-state index in [9.17, 15) is 0 Å². The van der Waals surface area contributed by atoms with Gasteiger partial charge in [0.1, 0.15) is 0 Å². The Kier molecular flexibility index (Phi) is 6.18. The quantitative estimate of drug-likeness (QED) is 0.188. The molecule has 2 aliphatic rings. The van der Waals surface area contributed by atoms with E-state index in [1.165, 1.54) is 72.0 Å². The minimum absolute atomic E-state index is 0.116. The predicted octanol–water partition coefficient (Wildman–Crippen LogP) is 11.8. The maximum atomic E-state index is 2.50. The average Bonchev–Trinajstić information content (AvgIpc) is 3.64. The van der Waals surface area contributed by atoms with Crippen LogP contribution >= 0.6 is 0 Å². The number of allylic oxidation sites excluding steroid dienone is 1. The normalized spacial score (nSPS) is 15.3. The minimum Gasteiger partial charge on any atom is -0.0639 e. The molecule has 1 unspecified atom stereocenters. The standard InChI is InChI=1S/C46H34/c1-31-29-33-27-28-34(38-26-14-16-32-15-8-9-21-37(32)38)30-43(33)44(31)46(35-17-4-2-5-18-35,36-19-6-3-7-20-36)45-41-24-12-10-22-39(41)40-23-11-13-25-42(40)45/h2-30,44-45H,1H3. The molecular weight excluding hydrogens is 553 g/mol. The van der Waals surface area contributed by atoms with E-state index in [0.29, 0.717) is 0 Å². The molecule has 0 fully saturated rings. The van der Waals surface area contributed by atoms with Crippen LogP contribution in [0, 0.1) is 0 Å². The molecule has 0 radical (unpaired) electrons. The topological polar surface area (TPSA) is 0 Å². The monoisotopic (exact) mass is 586 g/mol. The summed E-state index contributed by atoms with van der Waals surface area (Å²) in [6, 6.07) is 63.5. The van der Waals surface area contributed by atoms with Crippen molar-refractivity contribution in [2.45, 2.75) is 24.2 Å². The van der Waals surface area contributed by atoms with Crippen LogP contribution in [0.15, 0.2) is 175 Å². The van der Waals surface area contributed by atoms with Crippen molar-refractivity contribution in [3.05, 3.63) is 209 Å². The van der Waals surface area contributed by atoms with Gasteiger partial charge in [-0.1, -0.05) is 175 Å². The van der Waals surface area contributed by atoms with Gasteiger partial charge in [0.05, 0.1) is 0 Å². The van der Waals surface area contributed by atoms with Crippen LogP contribution in [0.5, 0.6) is 0 Å². The van der Waals surface area contributed by atoms with E-state index in [2.05, 4.69) is 183 Å². The summed E-state index contributed by atoms with van der Waals surface area (Å²) in [6.07, 6.45) is 2.44. The first-order chi connectivity index (χ1) is 22.7. The Labute approximate surface area is 271 Å². The van der Waals surface area contributed by atoms with Crippen molar-refractivity contribution < 1.29 is 0 Å². The second-order valence-corrected chi connectivity index (χ2v) is 12.9. The third-order valence-corrected chi connectivity index (χ3v) is 10.6. The highest BCUT2D eigenvalue weighted by Gasteiger charge is 2.54. The van der Waals surface area contributed by atoms with Gasteiger partial charge >= 0.3 is 0 Å². The Morgan fingerprint density at radius 3 is 1.65 bits per heavy atom. The zero-order valence-corrected chi connectivity index (χ0v) is 25.9. The van der Waals surface area contributed by atoms with Gasteiger partial charge in [-0.25, -0.2) is 0 Å². The van der Waals surface area contributed by atoms with Gasteiger partial charge in [-0.2, -0.15) is 0 Å². The summed E-state index contributed by atoms with van der Waals surface area (Å²) < 4.78 is 0. The molecule has 0 nitrogen and oxygen atoms in total. The van der Waals surface area contributed by atoms with Crippen LogP contribution in [0.2, 0.25) is 0 Å². The van der Waals surface area contributed by atoms with E-state index in [0.717, 1.165) is 0 Å². The summed E-state index contributed by atoms with van der Waals surface area (Å²) >= 11 is 0. The van der Waals surface area contributed by atoms with Crippen molar-refractivity contribution in [3.8, 4) is 22.3 Å². The van der Waals surface area contributed by atoms with E-state index in [-0.39, 0.29) is 11.8 Å². The van der Waals surface area contributed by atoms with Crippen LogP contribution in [-0.2, 0) is 5.41 Å². The van der Waals surface area contributed by atoms with Crippen molar-refractivity contribution >= 4 is 16.8 Å². The third kappa shape index (κ3) is 3.87. The van der Waals surface area contributed by atoms with Gasteiger partial charge in [0.15, 0.2) is 0 Å². The fraction of sp³-hybridized carbons (Fsp3) is 0.0870. The van der Waals surface area contributed by atoms with Gasteiger partial charge in [0, 0.05) is 17.3 Å². The van der Waals surface area contributed by atoms with E-state index in [1.807, 2.05) is 0 Å². The molecule has 0 N–H and O–H groups in total. The molecule has 0 bridgehead atoms. The molecule has 46 heavy (non-hydrogen) atoms. The summed E-state index contributed by atoms with van der Waals surface area (Å²) in [5.41, 5.74) is 14.5. The maximum absolute atomic E-state index is 2.50. The lowest BCUT2D eigenvalue weighted by atomic mass is 9.54. The van der Waals surface area contributed by atoms with Crippen LogP contribution in [0.4, 0.5) is 0 Å². The minimum atomic E-state index is -0.408. The molecular formula is C46H34. The zero-order chi connectivity index (χ0) is 30.7. The van der Waals surface area contributed by atoms with Gasteiger partial charge in [0.2, 0.25) is 0 Å². The Morgan fingerprint density at radius 2 is 0.978 bits per heavy atom. The van der Waals surface area contributed by atoms with E-state index in [4.69, 9.17) is 0 Å². The molecule has 7 aromatic carbocycles. The second kappa shape index (κ2) is 10.6. The molecule has 0 amide bonds. The number of benzene rings is 7. The largest absolute Gasteiger partial charge is 0.0639 e. The first-order valence-electron chi connectivity index (χ1n) is 16.3. The summed E-state index contributed by atoms with van der Waals surface area (Å²) in [5, 5.41) is 2.56. The molecule has 0 heteroatoms. The molecule has 0 saturated carbocycles. The Bertz CT molecular complexity index is 2180. The van der Waals surface area contributed by atoms with Gasteiger partial charge < -0.3 is 0 Å². The second-order valence-electron chi connectivity index (χ2n) is 12.9. The lowest BCUT2D eigenvalue weighted by Crippen LogP contribution is -2.41. The summed E-state index contributed by atoms with van der Waals surface area (Å²) in [5.74, 6) is 0.233. The first-order valence-corrected chi connectivity index (χ1v) is 16.3. The molecule has 2 aliphatic carbocycles. The summed E-state index contributed by atoms with van der Waals surface area (Å²) in [6.45, 7) is 2.36. The summed E-state index contributed by atoms with van der Waals surface area (Å²) in [4.78, 5) is 0. The SMILES string of the molecule is CC1=Cc2ccc(-c3cccc4ccccc34)cc2C1C(c1ccccc1)(c1ccccc1)C1c2ccccc2-c2ccccc21. The van der Waals surface area contributed by atoms with Crippen molar-refractivity contribution in [1.82, 2.24) is 0 Å². The zero-order valence-electron chi connectivity index (χ0n) is 25.9. The van der Waals surface area contributed by atoms with E-state index >= 15 is 0 Å². The predicted molar refractivity (Wildman–Crippen MR) is 193 cm³/mol. The van der Waals surface area contributed by atoms with Gasteiger partial charge in [-0.05, 0) is 79.4 Å². The van der Waals surface area contributed by atoms with E-state index in [1.54, 1.807) is 0 Å². The number of rotatable bonds is 5. The molecule has 0 aliphatic heterocycles. The van der Waals surface area contributed by atoms with Crippen LogP contribution in [0.3, 0.4) is 0 Å². The fourth-order valence-electron chi connectivity index (χ4n) is 8.85. The molecule has 7 aromatic rings. The fourth-order valence-corrected chi connectivity index (χ4v) is 8.85. The van der Waals surface area contributed by atoms with Gasteiger partial charge in [-0.3, -0.25) is 0 Å². The smallest absolute Gasteiger partial charge is 0.0418 e. The van der Waals surface area contributed by atoms with Crippen LogP contribution in [-0.4, -0.2) is 0 Å². The Morgan fingerprint density at radius 1 is 0.435 bits per heavy atom.